The molecule has 4 nitrogen and oxygen atoms in total. The average molecular weight is 336 g/mol. The summed E-state index contributed by atoms with van der Waals surface area (Å²) in [6, 6.07) is 0. The predicted molar refractivity (Wildman–Crippen MR) is 79.7 cm³/mol. The van der Waals surface area contributed by atoms with Crippen molar-refractivity contribution in [3.8, 4) is 0 Å². The Bertz CT molecular complexity index is 312. The molecule has 1 fully saturated rings. The fourth-order valence-corrected chi connectivity index (χ4v) is 2.23. The van der Waals surface area contributed by atoms with Crippen molar-refractivity contribution in [1.82, 2.24) is 4.90 Å². The first kappa shape index (κ1) is 16.8. The number of carbonyl (C=O) groups is 1. The molecule has 112 valence electrons. The highest BCUT2D eigenvalue weighted by Crippen LogP contribution is 2.27. The van der Waals surface area contributed by atoms with Crippen molar-refractivity contribution in [2.45, 2.75) is 52.7 Å². The normalized spacial score (nSPS) is 21.4. The van der Waals surface area contributed by atoms with Crippen molar-refractivity contribution in [2.24, 2.45) is 5.41 Å². The maximum Gasteiger partial charge on any atom is 0.410 e. The summed E-state index contributed by atoms with van der Waals surface area (Å²) in [4.78, 5) is 13.8. The van der Waals surface area contributed by atoms with E-state index < -0.39 is 5.60 Å². The SMILES string of the molecule is CC(C)(CBr)CC1CN(C(=O)OC(C)(C)C)CCO1. The van der Waals surface area contributed by atoms with E-state index in [1.54, 1.807) is 4.90 Å². The van der Waals surface area contributed by atoms with E-state index in [0.717, 1.165) is 11.8 Å². The lowest BCUT2D eigenvalue weighted by Gasteiger charge is -2.37. The number of rotatable bonds is 3. The van der Waals surface area contributed by atoms with Crippen LogP contribution in [0.2, 0.25) is 0 Å². The Morgan fingerprint density at radius 3 is 2.53 bits per heavy atom. The first-order valence-corrected chi connectivity index (χ1v) is 7.91. The van der Waals surface area contributed by atoms with Crippen LogP contribution in [0, 0.1) is 5.41 Å². The van der Waals surface area contributed by atoms with Crippen LogP contribution < -0.4 is 0 Å². The van der Waals surface area contributed by atoms with E-state index in [0.29, 0.717) is 19.7 Å². The van der Waals surface area contributed by atoms with Crippen molar-refractivity contribution in [1.29, 1.82) is 0 Å². The van der Waals surface area contributed by atoms with E-state index in [9.17, 15) is 4.79 Å². The Labute approximate surface area is 124 Å². The standard InChI is InChI=1S/C14H26BrNO3/c1-13(2,3)19-12(17)16-6-7-18-11(9-16)8-14(4,5)10-15/h11H,6-10H2,1-5H3. The van der Waals surface area contributed by atoms with Gasteiger partial charge in [0.1, 0.15) is 5.60 Å². The lowest BCUT2D eigenvalue weighted by atomic mass is 9.88. The number of halogens is 1. The number of hydrogen-bond acceptors (Lipinski definition) is 3. The molecule has 0 radical (unpaired) electrons. The second-order valence-corrected chi connectivity index (χ2v) is 7.48. The summed E-state index contributed by atoms with van der Waals surface area (Å²) in [5.74, 6) is 0. The van der Waals surface area contributed by atoms with Gasteiger partial charge in [-0.15, -0.1) is 0 Å². The first-order valence-electron chi connectivity index (χ1n) is 6.78. The Morgan fingerprint density at radius 1 is 1.37 bits per heavy atom. The zero-order valence-corrected chi connectivity index (χ0v) is 14.2. The largest absolute Gasteiger partial charge is 0.444 e. The van der Waals surface area contributed by atoms with Gasteiger partial charge in [0.05, 0.1) is 19.3 Å². The van der Waals surface area contributed by atoms with Gasteiger partial charge in [0.2, 0.25) is 0 Å². The molecule has 1 rings (SSSR count). The number of ether oxygens (including phenoxy) is 2. The van der Waals surface area contributed by atoms with Gasteiger partial charge >= 0.3 is 6.09 Å². The van der Waals surface area contributed by atoms with Crippen molar-refractivity contribution in [3.05, 3.63) is 0 Å². The van der Waals surface area contributed by atoms with Gasteiger partial charge in [0, 0.05) is 11.9 Å². The zero-order valence-electron chi connectivity index (χ0n) is 12.7. The highest BCUT2D eigenvalue weighted by Gasteiger charge is 2.31. The highest BCUT2D eigenvalue weighted by atomic mass is 79.9. The van der Waals surface area contributed by atoms with Crippen molar-refractivity contribution >= 4 is 22.0 Å². The van der Waals surface area contributed by atoms with E-state index in [4.69, 9.17) is 9.47 Å². The maximum absolute atomic E-state index is 12.0. The molecule has 1 atom stereocenters. The fourth-order valence-electron chi connectivity index (χ4n) is 2.01. The second kappa shape index (κ2) is 6.44. The third kappa shape index (κ3) is 6.13. The molecule has 1 saturated heterocycles. The molecule has 1 aliphatic heterocycles. The van der Waals surface area contributed by atoms with Crippen LogP contribution in [0.1, 0.15) is 41.0 Å². The summed E-state index contributed by atoms with van der Waals surface area (Å²) < 4.78 is 11.2. The van der Waals surface area contributed by atoms with Crippen LogP contribution in [0.4, 0.5) is 4.79 Å². The Hall–Kier alpha value is -0.290. The third-order valence-electron chi connectivity index (χ3n) is 2.93. The monoisotopic (exact) mass is 335 g/mol. The smallest absolute Gasteiger partial charge is 0.410 e. The van der Waals surface area contributed by atoms with E-state index in [-0.39, 0.29) is 17.6 Å². The number of amides is 1. The summed E-state index contributed by atoms with van der Waals surface area (Å²) >= 11 is 3.52. The van der Waals surface area contributed by atoms with Crippen LogP contribution in [0.5, 0.6) is 0 Å². The molecular formula is C14H26BrNO3. The van der Waals surface area contributed by atoms with Crippen molar-refractivity contribution in [2.75, 3.05) is 25.0 Å². The van der Waals surface area contributed by atoms with Crippen molar-refractivity contribution in [3.63, 3.8) is 0 Å². The third-order valence-corrected chi connectivity index (χ3v) is 4.45. The van der Waals surface area contributed by atoms with Gasteiger partial charge < -0.3 is 14.4 Å². The topological polar surface area (TPSA) is 38.8 Å². The van der Waals surface area contributed by atoms with Gasteiger partial charge in [-0.25, -0.2) is 4.79 Å². The zero-order chi connectivity index (χ0) is 14.7. The van der Waals surface area contributed by atoms with Gasteiger partial charge in [0.15, 0.2) is 0 Å². The molecule has 0 aromatic heterocycles. The lowest BCUT2D eigenvalue weighted by Crippen LogP contribution is -2.48. The number of hydrogen-bond donors (Lipinski definition) is 0. The van der Waals surface area contributed by atoms with Crippen molar-refractivity contribution < 1.29 is 14.3 Å². The van der Waals surface area contributed by atoms with Gasteiger partial charge in [0.25, 0.3) is 0 Å². The molecule has 0 bridgehead atoms. The minimum atomic E-state index is -0.444. The van der Waals surface area contributed by atoms with Crippen LogP contribution >= 0.6 is 15.9 Å². The molecule has 0 aromatic rings. The average Bonchev–Trinajstić information content (AvgIpc) is 2.26. The minimum Gasteiger partial charge on any atom is -0.444 e. The molecule has 0 saturated carbocycles. The molecule has 1 amide bonds. The van der Waals surface area contributed by atoms with Crippen LogP contribution in [-0.2, 0) is 9.47 Å². The van der Waals surface area contributed by atoms with Gasteiger partial charge in [-0.1, -0.05) is 29.8 Å². The fraction of sp³-hybridized carbons (Fsp3) is 0.929. The van der Waals surface area contributed by atoms with Crippen LogP contribution in [0.3, 0.4) is 0 Å². The Kier molecular flexibility index (Phi) is 5.68. The number of morpholine rings is 1. The highest BCUT2D eigenvalue weighted by molar-refractivity contribution is 9.09. The summed E-state index contributed by atoms with van der Waals surface area (Å²) in [6.07, 6.45) is 0.781. The quantitative estimate of drug-likeness (QED) is 0.741. The maximum atomic E-state index is 12.0. The number of carbonyl (C=O) groups excluding carboxylic acids is 1. The summed E-state index contributed by atoms with van der Waals surface area (Å²) in [6.45, 7) is 11.9. The van der Waals surface area contributed by atoms with Gasteiger partial charge in [-0.3, -0.25) is 0 Å². The van der Waals surface area contributed by atoms with E-state index in [2.05, 4.69) is 29.8 Å². The lowest BCUT2D eigenvalue weighted by molar-refractivity contribution is -0.0537. The van der Waals surface area contributed by atoms with Gasteiger partial charge in [-0.2, -0.15) is 0 Å². The molecule has 5 heteroatoms. The number of nitrogens with zero attached hydrogens (tertiary/aromatic N) is 1. The molecule has 0 spiro atoms. The molecule has 1 aliphatic rings. The molecule has 1 heterocycles. The first-order chi connectivity index (χ1) is 8.63. The van der Waals surface area contributed by atoms with E-state index in [1.807, 2.05) is 20.8 Å². The van der Waals surface area contributed by atoms with Crippen LogP contribution in [0.15, 0.2) is 0 Å². The summed E-state index contributed by atoms with van der Waals surface area (Å²) in [5, 5.41) is 0.923. The summed E-state index contributed by atoms with van der Waals surface area (Å²) in [7, 11) is 0. The Morgan fingerprint density at radius 2 is 2.00 bits per heavy atom. The second-order valence-electron chi connectivity index (χ2n) is 6.92. The molecule has 0 N–H and O–H groups in total. The molecule has 19 heavy (non-hydrogen) atoms. The Balaban J connectivity index is 2.53. The predicted octanol–water partition coefficient (Wildman–Crippen LogP) is 3.43. The van der Waals surface area contributed by atoms with E-state index in [1.165, 1.54) is 0 Å². The van der Waals surface area contributed by atoms with E-state index >= 15 is 0 Å². The molecule has 0 aliphatic carbocycles. The minimum absolute atomic E-state index is 0.0915. The number of alkyl halides is 1. The summed E-state index contributed by atoms with van der Waals surface area (Å²) in [5.41, 5.74) is -0.276. The molecule has 1 unspecified atom stereocenters. The van der Waals surface area contributed by atoms with Crippen LogP contribution in [0.25, 0.3) is 0 Å². The van der Waals surface area contributed by atoms with Crippen LogP contribution in [-0.4, -0.2) is 47.7 Å². The van der Waals surface area contributed by atoms with Gasteiger partial charge in [-0.05, 0) is 32.6 Å². The molecular weight excluding hydrogens is 310 g/mol. The molecule has 0 aromatic carbocycles.